The van der Waals surface area contributed by atoms with E-state index >= 15 is 0 Å². The molecule has 0 fully saturated rings. The van der Waals surface area contributed by atoms with E-state index in [0.29, 0.717) is 12.8 Å². The van der Waals surface area contributed by atoms with Crippen molar-refractivity contribution in [1.82, 2.24) is 9.55 Å². The number of carbonyl (C=O) groups is 1. The van der Waals surface area contributed by atoms with Gasteiger partial charge in [0, 0.05) is 18.7 Å². The standard InChI is InChI=1S/C19H21F5N4O3/c1-3-5-7-28-17(25)16(18(30)26-19(28)31)27(6-4-2)10(29)8-9-11(20)13(22)15(24)14(23)12(9)21/h3-8,25H2,1-2H3,(H,26,30,31). The molecule has 0 aliphatic carbocycles. The van der Waals surface area contributed by atoms with E-state index < -0.39 is 63.9 Å². The molecule has 0 saturated heterocycles. The number of nitrogens with two attached hydrogens (primary N) is 1. The van der Waals surface area contributed by atoms with Crippen molar-refractivity contribution in [3.8, 4) is 0 Å². The van der Waals surface area contributed by atoms with Crippen LogP contribution in [0.3, 0.4) is 0 Å². The number of nitrogens with one attached hydrogen (secondary N) is 1. The molecule has 7 nitrogen and oxygen atoms in total. The lowest BCUT2D eigenvalue weighted by Crippen LogP contribution is -2.42. The van der Waals surface area contributed by atoms with E-state index in [1.165, 1.54) is 0 Å². The van der Waals surface area contributed by atoms with Crippen LogP contribution in [-0.2, 0) is 17.8 Å². The smallest absolute Gasteiger partial charge is 0.330 e. The summed E-state index contributed by atoms with van der Waals surface area (Å²) in [5.74, 6) is -12.5. The Morgan fingerprint density at radius 2 is 1.52 bits per heavy atom. The predicted molar refractivity (Wildman–Crippen MR) is 103 cm³/mol. The summed E-state index contributed by atoms with van der Waals surface area (Å²) in [5, 5.41) is 0. The van der Waals surface area contributed by atoms with E-state index in [4.69, 9.17) is 5.73 Å². The highest BCUT2D eigenvalue weighted by atomic mass is 19.2. The van der Waals surface area contributed by atoms with Crippen LogP contribution in [0.1, 0.15) is 38.7 Å². The van der Waals surface area contributed by atoms with Gasteiger partial charge in [0.1, 0.15) is 5.82 Å². The van der Waals surface area contributed by atoms with Crippen LogP contribution >= 0.6 is 0 Å². The number of amides is 1. The number of aromatic nitrogens is 2. The molecule has 1 aromatic heterocycles. The number of carbonyl (C=O) groups excluding carboxylic acids is 1. The molecule has 1 heterocycles. The number of hydrogen-bond donors (Lipinski definition) is 2. The van der Waals surface area contributed by atoms with Gasteiger partial charge in [-0.05, 0) is 12.8 Å². The summed E-state index contributed by atoms with van der Waals surface area (Å²) in [6.45, 7) is 3.45. The number of H-pyrrole nitrogens is 1. The number of unbranched alkanes of at least 4 members (excludes halogenated alkanes) is 1. The van der Waals surface area contributed by atoms with Crippen LogP contribution in [0.25, 0.3) is 0 Å². The highest BCUT2D eigenvalue weighted by Gasteiger charge is 2.30. The van der Waals surface area contributed by atoms with Gasteiger partial charge in [-0.3, -0.25) is 19.1 Å². The molecule has 0 atom stereocenters. The molecular weight excluding hydrogens is 427 g/mol. The minimum atomic E-state index is -2.35. The summed E-state index contributed by atoms with van der Waals surface area (Å²) in [7, 11) is 0. The second-order valence-corrected chi connectivity index (χ2v) is 6.77. The number of halogens is 5. The van der Waals surface area contributed by atoms with E-state index in [9.17, 15) is 36.3 Å². The molecule has 170 valence electrons. The molecular formula is C19H21F5N4O3. The van der Waals surface area contributed by atoms with Gasteiger partial charge in [-0.1, -0.05) is 20.3 Å². The third-order valence-corrected chi connectivity index (χ3v) is 4.60. The van der Waals surface area contributed by atoms with Gasteiger partial charge in [0.05, 0.1) is 6.42 Å². The normalized spacial score (nSPS) is 11.1. The van der Waals surface area contributed by atoms with E-state index in [0.717, 1.165) is 9.47 Å². The zero-order chi connectivity index (χ0) is 23.5. The largest absolute Gasteiger partial charge is 0.383 e. The van der Waals surface area contributed by atoms with Crippen molar-refractivity contribution < 1.29 is 26.7 Å². The van der Waals surface area contributed by atoms with Gasteiger partial charge in [0.25, 0.3) is 5.56 Å². The average molecular weight is 448 g/mol. The molecule has 0 radical (unpaired) electrons. The first-order valence-corrected chi connectivity index (χ1v) is 9.49. The molecule has 1 amide bonds. The zero-order valence-corrected chi connectivity index (χ0v) is 16.8. The quantitative estimate of drug-likeness (QED) is 0.368. The monoisotopic (exact) mass is 448 g/mol. The fourth-order valence-corrected chi connectivity index (χ4v) is 3.01. The van der Waals surface area contributed by atoms with Gasteiger partial charge in [0.2, 0.25) is 11.7 Å². The maximum absolute atomic E-state index is 14.0. The van der Waals surface area contributed by atoms with Crippen LogP contribution in [0.15, 0.2) is 9.59 Å². The first-order chi connectivity index (χ1) is 14.6. The molecule has 0 spiro atoms. The number of rotatable bonds is 8. The summed E-state index contributed by atoms with van der Waals surface area (Å²) in [5.41, 5.74) is 2.35. The minimum Gasteiger partial charge on any atom is -0.383 e. The zero-order valence-electron chi connectivity index (χ0n) is 16.8. The van der Waals surface area contributed by atoms with Crippen molar-refractivity contribution in [3.63, 3.8) is 0 Å². The van der Waals surface area contributed by atoms with Crippen LogP contribution in [0.2, 0.25) is 0 Å². The van der Waals surface area contributed by atoms with Gasteiger partial charge < -0.3 is 10.6 Å². The van der Waals surface area contributed by atoms with Gasteiger partial charge >= 0.3 is 5.69 Å². The van der Waals surface area contributed by atoms with Crippen LogP contribution in [-0.4, -0.2) is 22.0 Å². The van der Waals surface area contributed by atoms with Crippen molar-refractivity contribution in [2.75, 3.05) is 17.2 Å². The third-order valence-electron chi connectivity index (χ3n) is 4.60. The lowest BCUT2D eigenvalue weighted by molar-refractivity contribution is -0.118. The SMILES string of the molecule is CCCCn1c(N)c(N(CCC)C(=O)Cc2c(F)c(F)c(F)c(F)c2F)c(=O)[nH]c1=O. The average Bonchev–Trinajstić information content (AvgIpc) is 2.72. The Morgan fingerprint density at radius 3 is 2.03 bits per heavy atom. The van der Waals surface area contributed by atoms with Crippen LogP contribution in [0.4, 0.5) is 33.5 Å². The molecule has 0 bridgehead atoms. The number of anilines is 2. The molecule has 2 aromatic rings. The molecule has 12 heteroatoms. The predicted octanol–water partition coefficient (Wildman–Crippen LogP) is 2.60. The minimum absolute atomic E-state index is 0.136. The summed E-state index contributed by atoms with van der Waals surface area (Å²) < 4.78 is 69.2. The Hall–Kier alpha value is -3.18. The molecule has 1 aromatic carbocycles. The summed E-state index contributed by atoms with van der Waals surface area (Å²) >= 11 is 0. The highest BCUT2D eigenvalue weighted by Crippen LogP contribution is 2.25. The van der Waals surface area contributed by atoms with E-state index in [-0.39, 0.29) is 25.3 Å². The number of nitrogen functional groups attached to an aromatic ring is 1. The van der Waals surface area contributed by atoms with E-state index in [2.05, 4.69) is 0 Å². The van der Waals surface area contributed by atoms with Crippen LogP contribution in [0, 0.1) is 29.1 Å². The van der Waals surface area contributed by atoms with Crippen LogP contribution in [0.5, 0.6) is 0 Å². The van der Waals surface area contributed by atoms with Crippen molar-refractivity contribution in [2.45, 2.75) is 46.1 Å². The van der Waals surface area contributed by atoms with Crippen LogP contribution < -0.4 is 21.9 Å². The molecule has 0 saturated carbocycles. The van der Waals surface area contributed by atoms with Gasteiger partial charge in [0.15, 0.2) is 29.0 Å². The van der Waals surface area contributed by atoms with Gasteiger partial charge in [-0.2, -0.15) is 0 Å². The summed E-state index contributed by atoms with van der Waals surface area (Å²) in [6.07, 6.45) is 0.259. The molecule has 0 unspecified atom stereocenters. The summed E-state index contributed by atoms with van der Waals surface area (Å²) in [6, 6.07) is 0. The number of aromatic amines is 1. The molecule has 0 aliphatic rings. The van der Waals surface area contributed by atoms with Gasteiger partial charge in [-0.15, -0.1) is 0 Å². The second kappa shape index (κ2) is 9.75. The van der Waals surface area contributed by atoms with E-state index in [1.54, 1.807) is 6.92 Å². The van der Waals surface area contributed by atoms with Crippen molar-refractivity contribution in [3.05, 3.63) is 55.5 Å². The highest BCUT2D eigenvalue weighted by molar-refractivity contribution is 5.96. The Morgan fingerprint density at radius 1 is 0.968 bits per heavy atom. The Labute approximate surface area is 173 Å². The number of benzene rings is 1. The lowest BCUT2D eigenvalue weighted by Gasteiger charge is -2.24. The first-order valence-electron chi connectivity index (χ1n) is 9.49. The summed E-state index contributed by atoms with van der Waals surface area (Å²) in [4.78, 5) is 40.0. The number of nitrogens with zero attached hydrogens (tertiary/aromatic N) is 2. The van der Waals surface area contributed by atoms with Crippen molar-refractivity contribution in [1.29, 1.82) is 0 Å². The Bertz CT molecular complexity index is 1080. The molecule has 0 aliphatic heterocycles. The molecule has 2 rings (SSSR count). The maximum atomic E-state index is 14.0. The third kappa shape index (κ3) is 4.62. The maximum Gasteiger partial charge on any atom is 0.330 e. The van der Waals surface area contributed by atoms with Gasteiger partial charge in [-0.25, -0.2) is 26.7 Å². The van der Waals surface area contributed by atoms with Crippen molar-refractivity contribution in [2.24, 2.45) is 0 Å². The van der Waals surface area contributed by atoms with Crippen molar-refractivity contribution >= 4 is 17.4 Å². The first kappa shape index (κ1) is 24.1. The van der Waals surface area contributed by atoms with E-state index in [1.807, 2.05) is 11.9 Å². The number of hydrogen-bond acceptors (Lipinski definition) is 4. The second-order valence-electron chi connectivity index (χ2n) is 6.77. The molecule has 3 N–H and O–H groups in total. The Balaban J connectivity index is 2.57. The molecule has 31 heavy (non-hydrogen) atoms. The lowest BCUT2D eigenvalue weighted by atomic mass is 10.1. The fraction of sp³-hybridized carbons (Fsp3) is 0.421. The topological polar surface area (TPSA) is 101 Å². The Kier molecular flexibility index (Phi) is 7.58. The fourth-order valence-electron chi connectivity index (χ4n) is 3.01.